The molecule has 0 saturated heterocycles. The van der Waals surface area contributed by atoms with E-state index in [0.29, 0.717) is 0 Å². The van der Waals surface area contributed by atoms with E-state index in [0.717, 1.165) is 6.07 Å². The van der Waals surface area contributed by atoms with Crippen LogP contribution in [0.2, 0.25) is 10.0 Å². The lowest BCUT2D eigenvalue weighted by atomic mass is 10.1. The molecular formula is C14H8Cl2N2O5. The molecule has 0 aliphatic heterocycles. The monoisotopic (exact) mass is 354 g/mol. The first-order valence-corrected chi connectivity index (χ1v) is 6.83. The predicted octanol–water partition coefficient (Wildman–Crippen LogP) is 3.85. The molecule has 0 spiro atoms. The van der Waals surface area contributed by atoms with Crippen LogP contribution in [0.4, 0.5) is 11.4 Å². The fraction of sp³-hybridized carbons (Fsp3) is 0. The number of rotatable bonds is 4. The zero-order valence-electron chi connectivity index (χ0n) is 11.2. The molecule has 0 fully saturated rings. The second-order valence-corrected chi connectivity index (χ2v) is 5.19. The van der Waals surface area contributed by atoms with Crippen LogP contribution in [0.5, 0.6) is 0 Å². The van der Waals surface area contributed by atoms with Gasteiger partial charge < -0.3 is 10.4 Å². The van der Waals surface area contributed by atoms with E-state index in [1.165, 1.54) is 30.3 Å². The van der Waals surface area contributed by atoms with Gasteiger partial charge in [-0.3, -0.25) is 14.9 Å². The number of hydrogen-bond donors (Lipinski definition) is 2. The van der Waals surface area contributed by atoms with Gasteiger partial charge in [-0.05, 0) is 30.3 Å². The van der Waals surface area contributed by atoms with Gasteiger partial charge in [-0.15, -0.1) is 0 Å². The summed E-state index contributed by atoms with van der Waals surface area (Å²) in [7, 11) is 0. The van der Waals surface area contributed by atoms with E-state index >= 15 is 0 Å². The number of nitro benzene ring substituents is 1. The Kier molecular flexibility index (Phi) is 4.83. The number of nitro groups is 1. The Morgan fingerprint density at radius 1 is 1.09 bits per heavy atom. The molecule has 2 N–H and O–H groups in total. The van der Waals surface area contributed by atoms with E-state index in [4.69, 9.17) is 28.3 Å². The van der Waals surface area contributed by atoms with Crippen LogP contribution < -0.4 is 5.32 Å². The number of carboxylic acid groups (broad SMARTS) is 1. The van der Waals surface area contributed by atoms with Crippen LogP contribution in [-0.2, 0) is 0 Å². The van der Waals surface area contributed by atoms with Gasteiger partial charge in [-0.25, -0.2) is 4.79 Å². The molecule has 118 valence electrons. The van der Waals surface area contributed by atoms with E-state index < -0.39 is 22.5 Å². The number of carbonyl (C=O) groups is 2. The Morgan fingerprint density at radius 2 is 1.74 bits per heavy atom. The maximum Gasteiger partial charge on any atom is 0.337 e. The topological polar surface area (TPSA) is 110 Å². The minimum Gasteiger partial charge on any atom is -0.478 e. The summed E-state index contributed by atoms with van der Waals surface area (Å²) in [5.74, 6) is -1.89. The predicted molar refractivity (Wildman–Crippen MR) is 84.5 cm³/mol. The van der Waals surface area contributed by atoms with Crippen molar-refractivity contribution in [2.75, 3.05) is 5.32 Å². The first kappa shape index (κ1) is 16.7. The Hall–Kier alpha value is -2.64. The van der Waals surface area contributed by atoms with Crippen LogP contribution in [0.15, 0.2) is 36.4 Å². The summed E-state index contributed by atoms with van der Waals surface area (Å²) >= 11 is 11.4. The Labute approximate surface area is 139 Å². The summed E-state index contributed by atoms with van der Waals surface area (Å²) in [6.07, 6.45) is 0. The van der Waals surface area contributed by atoms with Gasteiger partial charge in [-0.2, -0.15) is 0 Å². The number of anilines is 1. The van der Waals surface area contributed by atoms with Crippen molar-refractivity contribution in [1.82, 2.24) is 0 Å². The molecule has 0 radical (unpaired) electrons. The van der Waals surface area contributed by atoms with Gasteiger partial charge in [0.1, 0.15) is 5.02 Å². The molecule has 0 aliphatic rings. The third kappa shape index (κ3) is 3.77. The molecule has 2 rings (SSSR count). The molecule has 1 amide bonds. The van der Waals surface area contributed by atoms with Crippen LogP contribution in [0, 0.1) is 10.1 Å². The number of halogens is 2. The lowest BCUT2D eigenvalue weighted by molar-refractivity contribution is -0.384. The summed E-state index contributed by atoms with van der Waals surface area (Å²) in [6, 6.07) is 7.51. The highest BCUT2D eigenvalue weighted by Gasteiger charge is 2.17. The van der Waals surface area contributed by atoms with Crippen LogP contribution in [0.25, 0.3) is 0 Å². The zero-order valence-corrected chi connectivity index (χ0v) is 12.8. The summed E-state index contributed by atoms with van der Waals surface area (Å²) in [4.78, 5) is 33.2. The SMILES string of the molecule is O=C(Nc1ccc(Cl)c(C(=O)O)c1)c1ccc(Cl)c([N+](=O)[O-])c1. The Morgan fingerprint density at radius 3 is 2.35 bits per heavy atom. The minimum absolute atomic E-state index is 0.00734. The number of hydrogen-bond acceptors (Lipinski definition) is 4. The molecule has 2 aromatic carbocycles. The lowest BCUT2D eigenvalue weighted by Gasteiger charge is -2.07. The maximum absolute atomic E-state index is 12.1. The Bertz CT molecular complexity index is 823. The fourth-order valence-corrected chi connectivity index (χ4v) is 2.15. The Balaban J connectivity index is 2.29. The standard InChI is InChI=1S/C14H8Cl2N2O5/c15-10-4-2-8(6-9(10)14(20)21)17-13(19)7-1-3-11(16)12(5-7)18(22)23/h1-6H,(H,17,19)(H,20,21). The van der Waals surface area contributed by atoms with Gasteiger partial charge >= 0.3 is 5.97 Å². The minimum atomic E-state index is -1.24. The molecule has 23 heavy (non-hydrogen) atoms. The van der Waals surface area contributed by atoms with Crippen molar-refractivity contribution >= 4 is 46.5 Å². The lowest BCUT2D eigenvalue weighted by Crippen LogP contribution is -2.13. The van der Waals surface area contributed by atoms with Gasteiger partial charge in [0.25, 0.3) is 11.6 Å². The largest absolute Gasteiger partial charge is 0.478 e. The van der Waals surface area contributed by atoms with Crippen molar-refractivity contribution in [1.29, 1.82) is 0 Å². The van der Waals surface area contributed by atoms with Gasteiger partial charge in [0.15, 0.2) is 0 Å². The summed E-state index contributed by atoms with van der Waals surface area (Å²) in [5.41, 5.74) is -0.379. The van der Waals surface area contributed by atoms with Crippen molar-refractivity contribution in [3.8, 4) is 0 Å². The summed E-state index contributed by atoms with van der Waals surface area (Å²) in [5, 5.41) is 22.2. The normalized spacial score (nSPS) is 10.2. The zero-order chi connectivity index (χ0) is 17.1. The van der Waals surface area contributed by atoms with Crippen LogP contribution in [-0.4, -0.2) is 21.9 Å². The summed E-state index contributed by atoms with van der Waals surface area (Å²) in [6.45, 7) is 0. The number of benzene rings is 2. The molecule has 0 saturated carbocycles. The molecule has 0 atom stereocenters. The number of amides is 1. The highest BCUT2D eigenvalue weighted by Crippen LogP contribution is 2.26. The van der Waals surface area contributed by atoms with E-state index in [9.17, 15) is 19.7 Å². The van der Waals surface area contributed by atoms with Gasteiger partial charge in [0.2, 0.25) is 0 Å². The second-order valence-electron chi connectivity index (χ2n) is 4.38. The van der Waals surface area contributed by atoms with Crippen LogP contribution in [0.3, 0.4) is 0 Å². The van der Waals surface area contributed by atoms with Crippen molar-refractivity contribution in [3.05, 3.63) is 67.7 Å². The molecule has 0 bridgehead atoms. The van der Waals surface area contributed by atoms with Crippen LogP contribution >= 0.6 is 23.2 Å². The third-order valence-electron chi connectivity index (χ3n) is 2.86. The average Bonchev–Trinajstić information content (AvgIpc) is 2.49. The second kappa shape index (κ2) is 6.64. The third-order valence-corrected chi connectivity index (χ3v) is 3.51. The van der Waals surface area contributed by atoms with Gasteiger partial charge in [0, 0.05) is 17.3 Å². The van der Waals surface area contributed by atoms with Crippen molar-refractivity contribution in [2.24, 2.45) is 0 Å². The molecule has 2 aromatic rings. The quantitative estimate of drug-likeness (QED) is 0.639. The first-order chi connectivity index (χ1) is 10.8. The highest BCUT2D eigenvalue weighted by molar-refractivity contribution is 6.33. The number of nitrogens with zero attached hydrogens (tertiary/aromatic N) is 1. The number of aromatic carboxylic acids is 1. The van der Waals surface area contributed by atoms with Crippen molar-refractivity contribution in [3.63, 3.8) is 0 Å². The molecule has 9 heteroatoms. The van der Waals surface area contributed by atoms with Crippen molar-refractivity contribution in [2.45, 2.75) is 0 Å². The van der Waals surface area contributed by atoms with Crippen molar-refractivity contribution < 1.29 is 19.6 Å². The fourth-order valence-electron chi connectivity index (χ4n) is 1.76. The molecule has 0 unspecified atom stereocenters. The molecule has 7 nitrogen and oxygen atoms in total. The van der Waals surface area contributed by atoms with E-state index in [-0.39, 0.29) is 26.9 Å². The number of carbonyl (C=O) groups excluding carboxylic acids is 1. The smallest absolute Gasteiger partial charge is 0.337 e. The average molecular weight is 355 g/mol. The summed E-state index contributed by atoms with van der Waals surface area (Å²) < 4.78 is 0. The molecular weight excluding hydrogens is 347 g/mol. The molecule has 0 aromatic heterocycles. The van der Waals surface area contributed by atoms with Crippen LogP contribution in [0.1, 0.15) is 20.7 Å². The van der Waals surface area contributed by atoms with E-state index in [1.807, 2.05) is 0 Å². The highest BCUT2D eigenvalue weighted by atomic mass is 35.5. The van der Waals surface area contributed by atoms with E-state index in [1.54, 1.807) is 0 Å². The number of nitrogens with one attached hydrogen (secondary N) is 1. The van der Waals surface area contributed by atoms with Gasteiger partial charge in [0.05, 0.1) is 15.5 Å². The van der Waals surface area contributed by atoms with Gasteiger partial charge in [-0.1, -0.05) is 23.2 Å². The first-order valence-electron chi connectivity index (χ1n) is 6.07. The maximum atomic E-state index is 12.1. The van der Waals surface area contributed by atoms with E-state index in [2.05, 4.69) is 5.32 Å². The number of carboxylic acids is 1. The molecule has 0 heterocycles. The molecule has 0 aliphatic carbocycles.